The number of halogens is 1. The number of sulfonamides is 1. The van der Waals surface area contributed by atoms with E-state index in [0.717, 1.165) is 16.8 Å². The lowest BCUT2D eigenvalue weighted by molar-refractivity contribution is -0.118. The zero-order chi connectivity index (χ0) is 22.6. The second-order valence-corrected chi connectivity index (χ2v) is 9.98. The van der Waals surface area contributed by atoms with Gasteiger partial charge in [0.25, 0.3) is 5.91 Å². The number of ether oxygens (including phenoxy) is 2. The highest BCUT2D eigenvalue weighted by molar-refractivity contribution is 7.89. The molecule has 9 heteroatoms. The number of nitrogens with zero attached hydrogens (tertiary/aromatic N) is 1. The molecule has 1 heterocycles. The molecule has 1 aliphatic heterocycles. The van der Waals surface area contributed by atoms with Gasteiger partial charge in [-0.1, -0.05) is 43.6 Å². The van der Waals surface area contributed by atoms with Gasteiger partial charge in [0, 0.05) is 18.8 Å². The molecule has 0 unspecified atom stereocenters. The first kappa shape index (κ1) is 23.5. The fraction of sp³-hybridized carbons (Fsp3) is 0.409. The molecular weight excluding hydrogens is 440 g/mol. The summed E-state index contributed by atoms with van der Waals surface area (Å²) in [4.78, 5) is 12.5. The van der Waals surface area contributed by atoms with E-state index in [4.69, 9.17) is 21.1 Å². The number of amides is 1. The highest BCUT2D eigenvalue weighted by atomic mass is 35.5. The standard InChI is InChI=1S/C22H27ClN2O5S/c1-15(2)18-6-4-5-16(3)22(18)24-21(26)14-30-20-8-7-17(13-19(20)23)31(27,28)25-9-11-29-12-10-25/h4-8,13,15H,9-12,14H2,1-3H3,(H,24,26). The number of aryl methyl sites for hydroxylation is 1. The van der Waals surface area contributed by atoms with Crippen LogP contribution in [0.1, 0.15) is 30.9 Å². The van der Waals surface area contributed by atoms with Crippen molar-refractivity contribution in [1.82, 2.24) is 4.31 Å². The topological polar surface area (TPSA) is 84.9 Å². The van der Waals surface area contributed by atoms with Gasteiger partial charge in [-0.25, -0.2) is 8.42 Å². The minimum absolute atomic E-state index is 0.0812. The van der Waals surface area contributed by atoms with Gasteiger partial charge in [-0.2, -0.15) is 4.31 Å². The second kappa shape index (κ2) is 9.99. The van der Waals surface area contributed by atoms with Crippen molar-refractivity contribution >= 4 is 33.2 Å². The van der Waals surface area contributed by atoms with Crippen LogP contribution >= 0.6 is 11.6 Å². The molecule has 7 nitrogen and oxygen atoms in total. The van der Waals surface area contributed by atoms with Crippen LogP contribution in [0.15, 0.2) is 41.3 Å². The summed E-state index contributed by atoms with van der Waals surface area (Å²) in [6.07, 6.45) is 0. The highest BCUT2D eigenvalue weighted by Crippen LogP contribution is 2.30. The van der Waals surface area contributed by atoms with Crippen molar-refractivity contribution in [2.75, 3.05) is 38.2 Å². The molecule has 0 saturated carbocycles. The molecule has 0 aromatic heterocycles. The van der Waals surface area contributed by atoms with Crippen molar-refractivity contribution in [2.24, 2.45) is 0 Å². The molecule has 0 spiro atoms. The van der Waals surface area contributed by atoms with Crippen molar-refractivity contribution in [3.8, 4) is 5.75 Å². The van der Waals surface area contributed by atoms with Gasteiger partial charge in [-0.3, -0.25) is 4.79 Å². The number of nitrogens with one attached hydrogen (secondary N) is 1. The normalized spacial score (nSPS) is 15.1. The molecule has 1 aliphatic rings. The van der Waals surface area contributed by atoms with Gasteiger partial charge < -0.3 is 14.8 Å². The third kappa shape index (κ3) is 5.57. The molecule has 0 bridgehead atoms. The minimum atomic E-state index is -3.66. The van der Waals surface area contributed by atoms with Crippen molar-refractivity contribution < 1.29 is 22.7 Å². The summed E-state index contributed by atoms with van der Waals surface area (Å²) >= 11 is 6.25. The van der Waals surface area contributed by atoms with E-state index in [2.05, 4.69) is 19.2 Å². The van der Waals surface area contributed by atoms with Crippen LogP contribution in [0.3, 0.4) is 0 Å². The number of carbonyl (C=O) groups is 1. The molecule has 2 aromatic carbocycles. The number of benzene rings is 2. The van der Waals surface area contributed by atoms with Crippen LogP contribution in [0.4, 0.5) is 5.69 Å². The molecule has 0 atom stereocenters. The molecule has 2 aromatic rings. The van der Waals surface area contributed by atoms with Gasteiger partial charge in [0.05, 0.1) is 23.1 Å². The predicted octanol–water partition coefficient (Wildman–Crippen LogP) is 3.81. The van der Waals surface area contributed by atoms with Crippen molar-refractivity contribution in [2.45, 2.75) is 31.6 Å². The number of anilines is 1. The van der Waals surface area contributed by atoms with Crippen LogP contribution < -0.4 is 10.1 Å². The van der Waals surface area contributed by atoms with Crippen molar-refractivity contribution in [1.29, 1.82) is 0 Å². The van der Waals surface area contributed by atoms with Crippen LogP contribution in [0, 0.1) is 6.92 Å². The summed E-state index contributed by atoms with van der Waals surface area (Å²) in [5.41, 5.74) is 2.79. The summed E-state index contributed by atoms with van der Waals surface area (Å²) in [6.45, 7) is 7.14. The van der Waals surface area contributed by atoms with Gasteiger partial charge in [0.2, 0.25) is 10.0 Å². The van der Waals surface area contributed by atoms with Crippen LogP contribution in [-0.4, -0.2) is 51.5 Å². The quantitative estimate of drug-likeness (QED) is 0.670. The number of hydrogen-bond donors (Lipinski definition) is 1. The average molecular weight is 467 g/mol. The number of hydrogen-bond acceptors (Lipinski definition) is 5. The monoisotopic (exact) mass is 466 g/mol. The molecule has 168 valence electrons. The fourth-order valence-corrected chi connectivity index (χ4v) is 5.09. The molecule has 1 saturated heterocycles. The number of rotatable bonds is 7. The molecule has 1 amide bonds. The number of carbonyl (C=O) groups excluding carboxylic acids is 1. The van der Waals surface area contributed by atoms with Crippen molar-refractivity contribution in [3.63, 3.8) is 0 Å². The Morgan fingerprint density at radius 3 is 2.58 bits per heavy atom. The molecule has 0 aliphatic carbocycles. The summed E-state index contributed by atoms with van der Waals surface area (Å²) < 4.78 is 37.6. The Kier molecular flexibility index (Phi) is 7.59. The molecular formula is C22H27ClN2O5S. The Balaban J connectivity index is 1.67. The van der Waals surface area contributed by atoms with Gasteiger partial charge >= 0.3 is 0 Å². The maximum absolute atomic E-state index is 12.7. The molecule has 0 radical (unpaired) electrons. The van der Waals surface area contributed by atoms with Crippen LogP contribution in [0.5, 0.6) is 5.75 Å². The van der Waals surface area contributed by atoms with Crippen molar-refractivity contribution in [3.05, 3.63) is 52.5 Å². The van der Waals surface area contributed by atoms with E-state index in [-0.39, 0.29) is 34.1 Å². The van der Waals surface area contributed by atoms with Gasteiger partial charge in [-0.15, -0.1) is 0 Å². The third-order valence-corrected chi connectivity index (χ3v) is 7.25. The lowest BCUT2D eigenvalue weighted by atomic mass is 9.98. The SMILES string of the molecule is Cc1cccc(C(C)C)c1NC(=O)COc1ccc(S(=O)(=O)N2CCOCC2)cc1Cl. The number of para-hydroxylation sites is 1. The fourth-order valence-electron chi connectivity index (χ4n) is 3.36. The van der Waals surface area contributed by atoms with E-state index in [1.807, 2.05) is 25.1 Å². The maximum atomic E-state index is 12.7. The zero-order valence-corrected chi connectivity index (χ0v) is 19.4. The van der Waals surface area contributed by atoms with Crippen LogP contribution in [-0.2, 0) is 19.6 Å². The van der Waals surface area contributed by atoms with E-state index in [1.165, 1.54) is 22.5 Å². The summed E-state index contributed by atoms with van der Waals surface area (Å²) in [5, 5.41) is 3.03. The summed E-state index contributed by atoms with van der Waals surface area (Å²) in [7, 11) is -3.66. The van der Waals surface area contributed by atoms with E-state index in [1.54, 1.807) is 0 Å². The van der Waals surface area contributed by atoms with Gasteiger partial charge in [0.1, 0.15) is 5.75 Å². The minimum Gasteiger partial charge on any atom is -0.482 e. The van der Waals surface area contributed by atoms with Crippen LogP contribution in [0.25, 0.3) is 0 Å². The summed E-state index contributed by atoms with van der Waals surface area (Å²) in [5.74, 6) is 0.176. The number of morpholine rings is 1. The first-order chi connectivity index (χ1) is 14.7. The zero-order valence-electron chi connectivity index (χ0n) is 17.9. The smallest absolute Gasteiger partial charge is 0.262 e. The summed E-state index contributed by atoms with van der Waals surface area (Å²) in [6, 6.07) is 10.1. The molecule has 31 heavy (non-hydrogen) atoms. The molecule has 1 N–H and O–H groups in total. The lowest BCUT2D eigenvalue weighted by Gasteiger charge is -2.26. The van der Waals surface area contributed by atoms with E-state index in [0.29, 0.717) is 26.3 Å². The maximum Gasteiger partial charge on any atom is 0.262 e. The Hall–Kier alpha value is -2.13. The second-order valence-electron chi connectivity index (χ2n) is 7.64. The Bertz CT molecular complexity index is 1050. The average Bonchev–Trinajstić information content (AvgIpc) is 2.74. The third-order valence-electron chi connectivity index (χ3n) is 5.06. The van der Waals surface area contributed by atoms with E-state index >= 15 is 0 Å². The Morgan fingerprint density at radius 2 is 1.94 bits per heavy atom. The van der Waals surface area contributed by atoms with Gasteiger partial charge in [-0.05, 0) is 42.2 Å². The molecule has 1 fully saturated rings. The Labute approximate surface area is 188 Å². The van der Waals surface area contributed by atoms with Crippen LogP contribution in [0.2, 0.25) is 5.02 Å². The predicted molar refractivity (Wildman–Crippen MR) is 120 cm³/mol. The first-order valence-electron chi connectivity index (χ1n) is 10.1. The van der Waals surface area contributed by atoms with Gasteiger partial charge in [0.15, 0.2) is 6.61 Å². The molecule has 3 rings (SSSR count). The first-order valence-corrected chi connectivity index (χ1v) is 11.9. The largest absolute Gasteiger partial charge is 0.482 e. The Morgan fingerprint density at radius 1 is 1.23 bits per heavy atom. The lowest BCUT2D eigenvalue weighted by Crippen LogP contribution is -2.40. The van der Waals surface area contributed by atoms with E-state index in [9.17, 15) is 13.2 Å². The highest BCUT2D eigenvalue weighted by Gasteiger charge is 2.27. The van der Waals surface area contributed by atoms with E-state index < -0.39 is 10.0 Å².